The Hall–Kier alpha value is -0.0800. The van der Waals surface area contributed by atoms with E-state index in [0.29, 0.717) is 17.8 Å². The number of rotatable bonds is 1. The van der Waals surface area contributed by atoms with E-state index in [1.807, 2.05) is 13.8 Å². The molecule has 3 fully saturated rings. The Morgan fingerprint density at radius 2 is 1.53 bits per heavy atom. The van der Waals surface area contributed by atoms with E-state index < -0.39 is 5.60 Å². The van der Waals surface area contributed by atoms with Crippen molar-refractivity contribution in [1.82, 2.24) is 0 Å². The second-order valence-corrected chi connectivity index (χ2v) is 7.51. The van der Waals surface area contributed by atoms with Gasteiger partial charge in [0.2, 0.25) is 0 Å². The van der Waals surface area contributed by atoms with Crippen molar-refractivity contribution in [3.8, 4) is 0 Å². The SMILES string of the molecule is CC1C(C)C2CC1C1CC(C(C)(C)O)C(O)C21. The molecule has 98 valence electrons. The standard InChI is InChI=1S/C15H26O2/c1-7-8(2)10-5-9(7)11-6-12(15(3,4)17)14(16)13(10)11/h7-14,16-17H,5-6H2,1-4H3. The number of fused-ring (bicyclic) bond motifs is 5. The summed E-state index contributed by atoms with van der Waals surface area (Å²) < 4.78 is 0. The van der Waals surface area contributed by atoms with Crippen molar-refractivity contribution in [1.29, 1.82) is 0 Å². The Balaban J connectivity index is 1.87. The van der Waals surface area contributed by atoms with Crippen LogP contribution in [0, 0.1) is 41.4 Å². The Morgan fingerprint density at radius 3 is 2.12 bits per heavy atom. The topological polar surface area (TPSA) is 40.5 Å². The summed E-state index contributed by atoms with van der Waals surface area (Å²) in [6.07, 6.45) is 2.09. The van der Waals surface area contributed by atoms with Crippen molar-refractivity contribution >= 4 is 0 Å². The van der Waals surface area contributed by atoms with E-state index in [-0.39, 0.29) is 12.0 Å². The molecule has 8 atom stereocenters. The van der Waals surface area contributed by atoms with Crippen LogP contribution in [0.2, 0.25) is 0 Å². The number of aliphatic hydroxyl groups excluding tert-OH is 1. The molecule has 0 amide bonds. The number of aliphatic hydroxyl groups is 2. The van der Waals surface area contributed by atoms with Crippen molar-refractivity contribution in [3.05, 3.63) is 0 Å². The smallest absolute Gasteiger partial charge is 0.0644 e. The van der Waals surface area contributed by atoms with E-state index in [1.54, 1.807) is 0 Å². The van der Waals surface area contributed by atoms with Crippen molar-refractivity contribution < 1.29 is 10.2 Å². The molecule has 0 saturated heterocycles. The third-order valence-corrected chi connectivity index (χ3v) is 6.50. The first-order valence-electron chi connectivity index (χ1n) is 7.22. The molecule has 3 saturated carbocycles. The molecule has 0 spiro atoms. The number of hydrogen-bond acceptors (Lipinski definition) is 2. The largest absolute Gasteiger partial charge is 0.392 e. The fourth-order valence-corrected chi connectivity index (χ4v) is 5.44. The Labute approximate surface area is 104 Å². The van der Waals surface area contributed by atoms with Gasteiger partial charge in [-0.1, -0.05) is 13.8 Å². The normalized spacial score (nSPS) is 57.5. The first kappa shape index (κ1) is 12.0. The van der Waals surface area contributed by atoms with Gasteiger partial charge in [0, 0.05) is 5.92 Å². The van der Waals surface area contributed by atoms with E-state index >= 15 is 0 Å². The molecule has 3 aliphatic rings. The zero-order chi connectivity index (χ0) is 12.5. The lowest BCUT2D eigenvalue weighted by molar-refractivity contribution is -0.0512. The predicted octanol–water partition coefficient (Wildman–Crippen LogP) is 2.29. The third-order valence-electron chi connectivity index (χ3n) is 6.50. The van der Waals surface area contributed by atoms with Crippen LogP contribution in [0.15, 0.2) is 0 Å². The zero-order valence-electron chi connectivity index (χ0n) is 11.4. The summed E-state index contributed by atoms with van der Waals surface area (Å²) in [7, 11) is 0. The van der Waals surface area contributed by atoms with Gasteiger partial charge in [-0.3, -0.25) is 0 Å². The molecule has 2 bridgehead atoms. The van der Waals surface area contributed by atoms with Gasteiger partial charge in [-0.15, -0.1) is 0 Å². The summed E-state index contributed by atoms with van der Waals surface area (Å²) in [4.78, 5) is 0. The number of hydrogen-bond donors (Lipinski definition) is 2. The molecular formula is C15H26O2. The maximum Gasteiger partial charge on any atom is 0.0644 e. The zero-order valence-corrected chi connectivity index (χ0v) is 11.4. The average Bonchev–Trinajstić information content (AvgIpc) is 2.80. The summed E-state index contributed by atoms with van der Waals surface area (Å²) in [6, 6.07) is 0. The lowest BCUT2D eigenvalue weighted by atomic mass is 9.70. The summed E-state index contributed by atoms with van der Waals surface area (Å²) in [5.41, 5.74) is -0.727. The minimum Gasteiger partial charge on any atom is -0.392 e. The first-order valence-corrected chi connectivity index (χ1v) is 7.22. The van der Waals surface area contributed by atoms with Gasteiger partial charge >= 0.3 is 0 Å². The Kier molecular flexibility index (Phi) is 2.45. The molecular weight excluding hydrogens is 212 g/mol. The summed E-state index contributed by atoms with van der Waals surface area (Å²) in [5.74, 6) is 4.33. The highest BCUT2D eigenvalue weighted by Gasteiger charge is 2.62. The van der Waals surface area contributed by atoms with E-state index in [9.17, 15) is 10.2 Å². The van der Waals surface area contributed by atoms with Gasteiger partial charge in [-0.05, 0) is 62.2 Å². The van der Waals surface area contributed by atoms with Crippen LogP contribution in [-0.2, 0) is 0 Å². The molecule has 3 rings (SSSR count). The quantitative estimate of drug-likeness (QED) is 0.736. The van der Waals surface area contributed by atoms with Crippen molar-refractivity contribution in [3.63, 3.8) is 0 Å². The molecule has 0 aromatic carbocycles. The summed E-state index contributed by atoms with van der Waals surface area (Å²) >= 11 is 0. The van der Waals surface area contributed by atoms with Crippen LogP contribution >= 0.6 is 0 Å². The van der Waals surface area contributed by atoms with E-state index in [4.69, 9.17) is 0 Å². The van der Waals surface area contributed by atoms with Crippen molar-refractivity contribution in [2.75, 3.05) is 0 Å². The molecule has 0 aromatic heterocycles. The molecule has 0 aliphatic heterocycles. The predicted molar refractivity (Wildman–Crippen MR) is 67.3 cm³/mol. The second kappa shape index (κ2) is 3.48. The average molecular weight is 238 g/mol. The van der Waals surface area contributed by atoms with Crippen LogP contribution in [0.25, 0.3) is 0 Å². The van der Waals surface area contributed by atoms with Gasteiger partial charge in [0.25, 0.3) is 0 Å². The minimum absolute atomic E-state index is 0.0836. The molecule has 2 heteroatoms. The maximum absolute atomic E-state index is 10.6. The van der Waals surface area contributed by atoms with Crippen LogP contribution in [0.4, 0.5) is 0 Å². The van der Waals surface area contributed by atoms with Gasteiger partial charge in [-0.25, -0.2) is 0 Å². The molecule has 17 heavy (non-hydrogen) atoms. The van der Waals surface area contributed by atoms with E-state index in [1.165, 1.54) is 6.42 Å². The van der Waals surface area contributed by atoms with Crippen LogP contribution < -0.4 is 0 Å². The van der Waals surface area contributed by atoms with Gasteiger partial charge < -0.3 is 10.2 Å². The minimum atomic E-state index is -0.727. The highest BCUT2D eigenvalue weighted by molar-refractivity contribution is 5.11. The van der Waals surface area contributed by atoms with Gasteiger partial charge in [0.1, 0.15) is 0 Å². The lowest BCUT2D eigenvalue weighted by Crippen LogP contribution is -2.40. The monoisotopic (exact) mass is 238 g/mol. The molecule has 8 unspecified atom stereocenters. The van der Waals surface area contributed by atoms with Crippen LogP contribution in [0.5, 0.6) is 0 Å². The van der Waals surface area contributed by atoms with Gasteiger partial charge in [0.15, 0.2) is 0 Å². The van der Waals surface area contributed by atoms with Crippen molar-refractivity contribution in [2.24, 2.45) is 41.4 Å². The highest BCUT2D eigenvalue weighted by Crippen LogP contribution is 2.65. The first-order chi connectivity index (χ1) is 7.82. The lowest BCUT2D eigenvalue weighted by Gasteiger charge is -2.36. The maximum atomic E-state index is 10.6. The highest BCUT2D eigenvalue weighted by atomic mass is 16.3. The molecule has 2 nitrogen and oxygen atoms in total. The van der Waals surface area contributed by atoms with E-state index in [0.717, 1.165) is 24.2 Å². The second-order valence-electron chi connectivity index (χ2n) is 7.51. The Bertz CT molecular complexity index is 319. The van der Waals surface area contributed by atoms with Crippen LogP contribution in [0.1, 0.15) is 40.5 Å². The van der Waals surface area contributed by atoms with E-state index in [2.05, 4.69) is 13.8 Å². The third kappa shape index (κ3) is 1.46. The van der Waals surface area contributed by atoms with Crippen LogP contribution in [-0.4, -0.2) is 21.9 Å². The molecule has 2 N–H and O–H groups in total. The fourth-order valence-electron chi connectivity index (χ4n) is 5.44. The summed E-state index contributed by atoms with van der Waals surface area (Å²) in [5, 5.41) is 20.8. The van der Waals surface area contributed by atoms with Gasteiger partial charge in [-0.2, -0.15) is 0 Å². The molecule has 3 aliphatic carbocycles. The van der Waals surface area contributed by atoms with Crippen molar-refractivity contribution in [2.45, 2.75) is 52.2 Å². The fraction of sp³-hybridized carbons (Fsp3) is 1.00. The summed E-state index contributed by atoms with van der Waals surface area (Å²) in [6.45, 7) is 8.46. The van der Waals surface area contributed by atoms with Crippen LogP contribution in [0.3, 0.4) is 0 Å². The van der Waals surface area contributed by atoms with Gasteiger partial charge in [0.05, 0.1) is 11.7 Å². The molecule has 0 heterocycles. The molecule has 0 radical (unpaired) electrons. The Morgan fingerprint density at radius 1 is 0.941 bits per heavy atom. The molecule has 0 aromatic rings.